The van der Waals surface area contributed by atoms with E-state index >= 15 is 0 Å². The maximum absolute atomic E-state index is 6.05. The molecule has 2 aliphatic heterocycles. The number of hydrogen-bond donors (Lipinski definition) is 2. The molecule has 0 aliphatic carbocycles. The summed E-state index contributed by atoms with van der Waals surface area (Å²) in [6.07, 6.45) is 8.99. The Morgan fingerprint density at radius 1 is 1.10 bits per heavy atom. The molecule has 0 aromatic heterocycles. The van der Waals surface area contributed by atoms with Gasteiger partial charge in [-0.05, 0) is 62.9 Å². The number of rotatable bonds is 9. The normalized spacial score (nSPS) is 18.8. The zero-order valence-corrected chi connectivity index (χ0v) is 21.4. The van der Waals surface area contributed by atoms with Crippen molar-refractivity contribution in [3.63, 3.8) is 0 Å². The minimum Gasteiger partial charge on any atom is -0.381 e. The second-order valence-corrected chi connectivity index (χ2v) is 8.40. The number of hydrogen-bond acceptors (Lipinski definition) is 4. The second-order valence-electron chi connectivity index (χ2n) is 8.40. The maximum atomic E-state index is 6.05. The molecule has 2 aliphatic rings. The Hall–Kier alpha value is -0.900. The fourth-order valence-corrected chi connectivity index (χ4v) is 4.16. The molecule has 0 spiro atoms. The van der Waals surface area contributed by atoms with Crippen LogP contribution in [0, 0.1) is 0 Å². The molecule has 1 aromatic rings. The quantitative estimate of drug-likeness (QED) is 0.214. The first-order valence-electron chi connectivity index (χ1n) is 11.8. The van der Waals surface area contributed by atoms with E-state index in [1.807, 2.05) is 7.05 Å². The summed E-state index contributed by atoms with van der Waals surface area (Å²) in [7, 11) is 1.84. The largest absolute Gasteiger partial charge is 0.381 e. The van der Waals surface area contributed by atoms with Crippen molar-refractivity contribution in [3.05, 3.63) is 35.4 Å². The van der Waals surface area contributed by atoms with Crippen molar-refractivity contribution < 1.29 is 9.47 Å². The van der Waals surface area contributed by atoms with Crippen LogP contribution in [0.4, 0.5) is 0 Å². The van der Waals surface area contributed by atoms with Crippen LogP contribution in [-0.4, -0.2) is 63.4 Å². The molecule has 0 saturated carbocycles. The predicted octanol–water partition coefficient (Wildman–Crippen LogP) is 3.93. The highest BCUT2D eigenvalue weighted by atomic mass is 127. The van der Waals surface area contributed by atoms with Gasteiger partial charge in [0.1, 0.15) is 0 Å². The molecule has 0 radical (unpaired) electrons. The fraction of sp³-hybridized carbons (Fsp3) is 0.708. The monoisotopic (exact) mass is 544 g/mol. The second kappa shape index (κ2) is 15.8. The Labute approximate surface area is 205 Å². The molecule has 1 aromatic carbocycles. The van der Waals surface area contributed by atoms with Gasteiger partial charge in [-0.1, -0.05) is 37.1 Å². The number of ether oxygens (including phenoxy) is 2. The van der Waals surface area contributed by atoms with Crippen molar-refractivity contribution >= 4 is 29.9 Å². The van der Waals surface area contributed by atoms with Gasteiger partial charge in [0.25, 0.3) is 0 Å². The molecule has 7 heteroatoms. The molecule has 0 unspecified atom stereocenters. The van der Waals surface area contributed by atoms with E-state index in [0.717, 1.165) is 51.5 Å². The first-order chi connectivity index (χ1) is 14.8. The van der Waals surface area contributed by atoms with Crippen LogP contribution in [0.15, 0.2) is 29.3 Å². The molecule has 0 bridgehead atoms. The molecule has 2 saturated heterocycles. The smallest absolute Gasteiger partial charge is 0.191 e. The third kappa shape index (κ3) is 10.5. The highest BCUT2D eigenvalue weighted by Crippen LogP contribution is 2.14. The molecule has 0 atom stereocenters. The Morgan fingerprint density at radius 3 is 2.58 bits per heavy atom. The van der Waals surface area contributed by atoms with E-state index in [9.17, 15) is 0 Å². The van der Waals surface area contributed by atoms with E-state index in [4.69, 9.17) is 9.47 Å². The van der Waals surface area contributed by atoms with E-state index in [1.165, 1.54) is 56.4 Å². The van der Waals surface area contributed by atoms with Crippen molar-refractivity contribution in [2.24, 2.45) is 4.99 Å². The molecule has 2 heterocycles. The average molecular weight is 545 g/mol. The minimum atomic E-state index is 0. The molecule has 31 heavy (non-hydrogen) atoms. The van der Waals surface area contributed by atoms with Crippen LogP contribution in [0.5, 0.6) is 0 Å². The minimum absolute atomic E-state index is 0. The van der Waals surface area contributed by atoms with Crippen LogP contribution in [0.2, 0.25) is 0 Å². The van der Waals surface area contributed by atoms with Crippen molar-refractivity contribution in [2.45, 2.75) is 64.2 Å². The predicted molar refractivity (Wildman–Crippen MR) is 138 cm³/mol. The van der Waals surface area contributed by atoms with E-state index < -0.39 is 0 Å². The number of nitrogens with zero attached hydrogens (tertiary/aromatic N) is 2. The summed E-state index contributed by atoms with van der Waals surface area (Å²) in [6, 6.07) is 8.62. The first-order valence-corrected chi connectivity index (χ1v) is 11.8. The van der Waals surface area contributed by atoms with Gasteiger partial charge in [-0.15, -0.1) is 24.0 Å². The van der Waals surface area contributed by atoms with Crippen LogP contribution in [0.25, 0.3) is 0 Å². The Kier molecular flexibility index (Phi) is 13.5. The van der Waals surface area contributed by atoms with Gasteiger partial charge in [-0.25, -0.2) is 0 Å². The van der Waals surface area contributed by atoms with Gasteiger partial charge in [0, 0.05) is 33.4 Å². The van der Waals surface area contributed by atoms with Gasteiger partial charge in [0.05, 0.1) is 12.7 Å². The lowest BCUT2D eigenvalue weighted by molar-refractivity contribution is -0.0390. The summed E-state index contributed by atoms with van der Waals surface area (Å²) in [5.74, 6) is 0.870. The number of nitrogens with one attached hydrogen (secondary N) is 2. The fourth-order valence-electron chi connectivity index (χ4n) is 4.16. The number of halogens is 1. The summed E-state index contributed by atoms with van der Waals surface area (Å²) >= 11 is 0. The number of benzene rings is 1. The zero-order chi connectivity index (χ0) is 20.9. The van der Waals surface area contributed by atoms with Gasteiger partial charge in [-0.3, -0.25) is 4.99 Å². The Morgan fingerprint density at radius 2 is 1.84 bits per heavy atom. The summed E-state index contributed by atoms with van der Waals surface area (Å²) in [5.41, 5.74) is 2.47. The number of likely N-dealkylation sites (tertiary alicyclic amines) is 1. The van der Waals surface area contributed by atoms with Gasteiger partial charge >= 0.3 is 0 Å². The lowest BCUT2D eigenvalue weighted by Crippen LogP contribution is -2.38. The summed E-state index contributed by atoms with van der Waals surface area (Å²) in [4.78, 5) is 6.98. The molecular formula is C24H41IN4O2. The van der Waals surface area contributed by atoms with Crippen LogP contribution in [-0.2, 0) is 22.6 Å². The number of aliphatic imine (C=N–C) groups is 1. The average Bonchev–Trinajstić information content (AvgIpc) is 3.07. The van der Waals surface area contributed by atoms with Crippen molar-refractivity contribution in [1.82, 2.24) is 15.5 Å². The Bertz CT molecular complexity index is 630. The lowest BCUT2D eigenvalue weighted by atomic mass is 10.1. The zero-order valence-electron chi connectivity index (χ0n) is 19.1. The summed E-state index contributed by atoms with van der Waals surface area (Å²) < 4.78 is 11.5. The molecule has 3 rings (SSSR count). The first kappa shape index (κ1) is 26.4. The molecule has 6 nitrogen and oxygen atoms in total. The van der Waals surface area contributed by atoms with Gasteiger partial charge in [0.15, 0.2) is 5.96 Å². The molecular weight excluding hydrogens is 503 g/mol. The van der Waals surface area contributed by atoms with Crippen molar-refractivity contribution in [3.8, 4) is 0 Å². The summed E-state index contributed by atoms with van der Waals surface area (Å²) in [6.45, 7) is 7.73. The van der Waals surface area contributed by atoms with E-state index in [2.05, 4.69) is 44.8 Å². The highest BCUT2D eigenvalue weighted by molar-refractivity contribution is 14.0. The molecule has 176 valence electrons. The van der Waals surface area contributed by atoms with Crippen LogP contribution < -0.4 is 10.6 Å². The van der Waals surface area contributed by atoms with Crippen LogP contribution in [0.1, 0.15) is 56.1 Å². The van der Waals surface area contributed by atoms with E-state index in [1.54, 1.807) is 0 Å². The van der Waals surface area contributed by atoms with Crippen LogP contribution >= 0.6 is 24.0 Å². The van der Waals surface area contributed by atoms with Gasteiger partial charge < -0.3 is 25.0 Å². The molecule has 2 N–H and O–H groups in total. The van der Waals surface area contributed by atoms with Crippen molar-refractivity contribution in [1.29, 1.82) is 0 Å². The Balaban J connectivity index is 0.00000341. The van der Waals surface area contributed by atoms with Gasteiger partial charge in [0.2, 0.25) is 0 Å². The van der Waals surface area contributed by atoms with Gasteiger partial charge in [-0.2, -0.15) is 0 Å². The van der Waals surface area contributed by atoms with E-state index in [0.29, 0.717) is 12.7 Å². The van der Waals surface area contributed by atoms with E-state index in [-0.39, 0.29) is 24.0 Å². The SMILES string of the molecule is CN=C(NCCCN1CCCCCC1)NCc1cccc(COC2CCOCC2)c1.I. The molecule has 2 fully saturated rings. The standard InChI is InChI=1S/C24H40N4O2.HI/c1-25-24(26-12-7-15-28-13-4-2-3-5-14-28)27-19-21-8-6-9-22(18-21)20-30-23-10-16-29-17-11-23;/h6,8-9,18,23H,2-5,7,10-17,19-20H2,1H3,(H2,25,26,27);1H. The maximum Gasteiger partial charge on any atom is 0.191 e. The topological polar surface area (TPSA) is 58.1 Å². The lowest BCUT2D eigenvalue weighted by Gasteiger charge is -2.22. The third-order valence-electron chi connectivity index (χ3n) is 5.97. The number of guanidine groups is 1. The highest BCUT2D eigenvalue weighted by Gasteiger charge is 2.14. The third-order valence-corrected chi connectivity index (χ3v) is 5.97. The summed E-state index contributed by atoms with van der Waals surface area (Å²) in [5, 5.41) is 6.89. The van der Waals surface area contributed by atoms with Crippen molar-refractivity contribution in [2.75, 3.05) is 46.4 Å². The molecule has 0 amide bonds. The van der Waals surface area contributed by atoms with Crippen LogP contribution in [0.3, 0.4) is 0 Å².